The summed E-state index contributed by atoms with van der Waals surface area (Å²) in [6.45, 7) is 0.471. The van der Waals surface area contributed by atoms with Crippen LogP contribution in [0.3, 0.4) is 0 Å². The van der Waals surface area contributed by atoms with Gasteiger partial charge >= 0.3 is 0 Å². The minimum atomic E-state index is -0.167. The Morgan fingerprint density at radius 1 is 1.33 bits per heavy atom. The van der Waals surface area contributed by atoms with Crippen LogP contribution in [0.2, 0.25) is 0 Å². The highest BCUT2D eigenvalue weighted by atomic mass is 16.5. The van der Waals surface area contributed by atoms with E-state index in [9.17, 15) is 4.79 Å². The van der Waals surface area contributed by atoms with Crippen LogP contribution in [0.1, 0.15) is 5.69 Å². The number of methoxy groups -OCH3 is 1. The maximum Gasteiger partial charge on any atom is 0.251 e. The summed E-state index contributed by atoms with van der Waals surface area (Å²) in [5.41, 5.74) is 6.84. The van der Waals surface area contributed by atoms with Crippen molar-refractivity contribution in [2.75, 3.05) is 13.7 Å². The van der Waals surface area contributed by atoms with Gasteiger partial charge in [0.25, 0.3) is 5.56 Å². The molecule has 0 bridgehead atoms. The molecule has 2 aromatic rings. The molecule has 0 aliphatic rings. The van der Waals surface area contributed by atoms with Gasteiger partial charge in [-0.2, -0.15) is 0 Å². The summed E-state index contributed by atoms with van der Waals surface area (Å²) in [5, 5.41) is 0. The highest BCUT2D eigenvalue weighted by Crippen LogP contribution is 2.18. The monoisotopic (exact) mass is 245 g/mol. The van der Waals surface area contributed by atoms with Crippen molar-refractivity contribution in [3.8, 4) is 17.1 Å². The summed E-state index contributed by atoms with van der Waals surface area (Å²) in [6, 6.07) is 8.82. The Balaban J connectivity index is 2.39. The Labute approximate surface area is 105 Å². The standard InChI is InChI=1S/C13H15N3O2/c1-18-11-4-2-9(3-5-11)13-15-10(6-7-14)8-12(17)16-13/h2-5,8H,6-7,14H2,1H3,(H,15,16,17). The van der Waals surface area contributed by atoms with Crippen LogP contribution in [-0.2, 0) is 6.42 Å². The molecule has 0 aliphatic heterocycles. The SMILES string of the molecule is COc1ccc(-c2nc(CCN)cc(=O)[nH]2)cc1. The molecule has 94 valence electrons. The van der Waals surface area contributed by atoms with Gasteiger partial charge in [0.1, 0.15) is 11.6 Å². The van der Waals surface area contributed by atoms with E-state index in [2.05, 4.69) is 9.97 Å². The quantitative estimate of drug-likeness (QED) is 0.840. The first-order chi connectivity index (χ1) is 8.72. The van der Waals surface area contributed by atoms with E-state index in [1.54, 1.807) is 7.11 Å². The summed E-state index contributed by atoms with van der Waals surface area (Å²) in [6.07, 6.45) is 0.590. The van der Waals surface area contributed by atoms with Crippen LogP contribution < -0.4 is 16.0 Å². The molecular formula is C13H15N3O2. The summed E-state index contributed by atoms with van der Waals surface area (Å²) in [4.78, 5) is 18.6. The van der Waals surface area contributed by atoms with Gasteiger partial charge in [-0.25, -0.2) is 4.98 Å². The second kappa shape index (κ2) is 5.46. The molecule has 1 aromatic heterocycles. The molecule has 2 rings (SSSR count). The number of aromatic amines is 1. The van der Waals surface area contributed by atoms with Gasteiger partial charge in [0, 0.05) is 23.7 Å². The fourth-order valence-electron chi connectivity index (χ4n) is 1.67. The lowest BCUT2D eigenvalue weighted by molar-refractivity contribution is 0.415. The molecule has 18 heavy (non-hydrogen) atoms. The number of aromatic nitrogens is 2. The molecule has 1 aromatic carbocycles. The Morgan fingerprint density at radius 2 is 2.06 bits per heavy atom. The lowest BCUT2D eigenvalue weighted by Crippen LogP contribution is -2.13. The molecular weight excluding hydrogens is 230 g/mol. The molecule has 0 fully saturated rings. The number of hydrogen-bond acceptors (Lipinski definition) is 4. The molecule has 3 N–H and O–H groups in total. The maximum absolute atomic E-state index is 11.5. The van der Waals surface area contributed by atoms with Crippen molar-refractivity contribution in [2.45, 2.75) is 6.42 Å². The largest absolute Gasteiger partial charge is 0.497 e. The predicted molar refractivity (Wildman–Crippen MR) is 69.6 cm³/mol. The normalized spacial score (nSPS) is 10.3. The Hall–Kier alpha value is -2.14. The van der Waals surface area contributed by atoms with Gasteiger partial charge < -0.3 is 15.5 Å². The molecule has 1 heterocycles. The highest BCUT2D eigenvalue weighted by molar-refractivity contribution is 5.56. The molecule has 0 aliphatic carbocycles. The highest BCUT2D eigenvalue weighted by Gasteiger charge is 2.04. The minimum Gasteiger partial charge on any atom is -0.497 e. The zero-order valence-electron chi connectivity index (χ0n) is 10.1. The van der Waals surface area contributed by atoms with Gasteiger partial charge in [-0.05, 0) is 30.8 Å². The molecule has 0 unspecified atom stereocenters. The molecule has 5 heteroatoms. The molecule has 0 spiro atoms. The topological polar surface area (TPSA) is 81.0 Å². The number of rotatable bonds is 4. The lowest BCUT2D eigenvalue weighted by atomic mass is 10.2. The van der Waals surface area contributed by atoms with E-state index in [0.717, 1.165) is 11.3 Å². The number of benzene rings is 1. The van der Waals surface area contributed by atoms with Crippen molar-refractivity contribution in [3.05, 3.63) is 46.4 Å². The number of nitrogens with one attached hydrogen (secondary N) is 1. The maximum atomic E-state index is 11.5. The summed E-state index contributed by atoms with van der Waals surface area (Å²) < 4.78 is 5.08. The van der Waals surface area contributed by atoms with Crippen LogP contribution in [0.4, 0.5) is 0 Å². The first-order valence-corrected chi connectivity index (χ1v) is 5.67. The van der Waals surface area contributed by atoms with Gasteiger partial charge in [0.2, 0.25) is 0 Å². The molecule has 5 nitrogen and oxygen atoms in total. The zero-order valence-corrected chi connectivity index (χ0v) is 10.1. The number of H-pyrrole nitrogens is 1. The van der Waals surface area contributed by atoms with Crippen LogP contribution in [-0.4, -0.2) is 23.6 Å². The Kier molecular flexibility index (Phi) is 3.74. The number of ether oxygens (including phenoxy) is 1. The van der Waals surface area contributed by atoms with Gasteiger partial charge in [0.05, 0.1) is 7.11 Å². The van der Waals surface area contributed by atoms with Crippen LogP contribution in [0.25, 0.3) is 11.4 Å². The fourth-order valence-corrected chi connectivity index (χ4v) is 1.67. The van der Waals surface area contributed by atoms with Crippen molar-refractivity contribution in [2.24, 2.45) is 5.73 Å². The van der Waals surface area contributed by atoms with E-state index in [-0.39, 0.29) is 5.56 Å². The third-order valence-electron chi connectivity index (χ3n) is 2.56. The van der Waals surface area contributed by atoms with Gasteiger partial charge in [-0.15, -0.1) is 0 Å². The van der Waals surface area contributed by atoms with Crippen LogP contribution in [0.15, 0.2) is 35.1 Å². The molecule has 0 atom stereocenters. The van der Waals surface area contributed by atoms with Gasteiger partial charge in [-0.3, -0.25) is 4.79 Å². The average Bonchev–Trinajstić information content (AvgIpc) is 2.38. The Bertz CT molecular complexity index is 576. The van der Waals surface area contributed by atoms with E-state index in [1.807, 2.05) is 24.3 Å². The first kappa shape index (κ1) is 12.3. The van der Waals surface area contributed by atoms with Crippen molar-refractivity contribution < 1.29 is 4.74 Å². The number of nitrogens with two attached hydrogens (primary N) is 1. The summed E-state index contributed by atoms with van der Waals surface area (Å²) in [5.74, 6) is 1.31. The van der Waals surface area contributed by atoms with Gasteiger partial charge in [0.15, 0.2) is 0 Å². The van der Waals surface area contributed by atoms with E-state index in [4.69, 9.17) is 10.5 Å². The zero-order chi connectivity index (χ0) is 13.0. The third kappa shape index (κ3) is 2.75. The van der Waals surface area contributed by atoms with Crippen molar-refractivity contribution in [1.82, 2.24) is 9.97 Å². The second-order valence-corrected chi connectivity index (χ2v) is 3.85. The van der Waals surface area contributed by atoms with Gasteiger partial charge in [-0.1, -0.05) is 0 Å². The Morgan fingerprint density at radius 3 is 2.67 bits per heavy atom. The van der Waals surface area contributed by atoms with Crippen molar-refractivity contribution >= 4 is 0 Å². The smallest absolute Gasteiger partial charge is 0.251 e. The van der Waals surface area contributed by atoms with Crippen molar-refractivity contribution in [1.29, 1.82) is 0 Å². The summed E-state index contributed by atoms with van der Waals surface area (Å²) in [7, 11) is 1.61. The molecule has 0 radical (unpaired) electrons. The van der Waals surface area contributed by atoms with E-state index in [0.29, 0.717) is 24.5 Å². The first-order valence-electron chi connectivity index (χ1n) is 5.67. The van der Waals surface area contributed by atoms with E-state index < -0.39 is 0 Å². The fraction of sp³-hybridized carbons (Fsp3) is 0.231. The van der Waals surface area contributed by atoms with Crippen molar-refractivity contribution in [3.63, 3.8) is 0 Å². The van der Waals surface area contributed by atoms with E-state index in [1.165, 1.54) is 6.07 Å². The second-order valence-electron chi connectivity index (χ2n) is 3.85. The lowest BCUT2D eigenvalue weighted by Gasteiger charge is -2.05. The third-order valence-corrected chi connectivity index (χ3v) is 2.56. The average molecular weight is 245 g/mol. The predicted octanol–water partition coefficient (Wildman–Crippen LogP) is 0.947. The molecule has 0 saturated heterocycles. The minimum absolute atomic E-state index is 0.167. The van der Waals surface area contributed by atoms with Crippen LogP contribution >= 0.6 is 0 Å². The summed E-state index contributed by atoms with van der Waals surface area (Å²) >= 11 is 0. The van der Waals surface area contributed by atoms with E-state index >= 15 is 0 Å². The number of hydrogen-bond donors (Lipinski definition) is 2. The van der Waals surface area contributed by atoms with Crippen LogP contribution in [0, 0.1) is 0 Å². The molecule has 0 saturated carbocycles. The molecule has 0 amide bonds. The van der Waals surface area contributed by atoms with Crippen LogP contribution in [0.5, 0.6) is 5.75 Å². The number of nitrogens with zero attached hydrogens (tertiary/aromatic N) is 1.